The lowest BCUT2D eigenvalue weighted by atomic mass is 9.90. The lowest BCUT2D eigenvalue weighted by Gasteiger charge is -2.31. The molecule has 0 bridgehead atoms. The van der Waals surface area contributed by atoms with Gasteiger partial charge in [-0.25, -0.2) is 4.40 Å². The van der Waals surface area contributed by atoms with Crippen LogP contribution in [0, 0.1) is 5.41 Å². The highest BCUT2D eigenvalue weighted by Crippen LogP contribution is 2.42. The van der Waals surface area contributed by atoms with E-state index in [4.69, 9.17) is 0 Å². The Kier molecular flexibility index (Phi) is 8.35. The molecule has 0 saturated heterocycles. The van der Waals surface area contributed by atoms with Crippen molar-refractivity contribution >= 4 is 95.3 Å². The summed E-state index contributed by atoms with van der Waals surface area (Å²) in [4.78, 5) is 2.17. The SMILES string of the molecule is N=C1C(c2cccc3c4ccccc4n(-c4ccc(-c5c6ccccc6cc6ccccc56)cc4)c23)=CC=C(N(c2ccccc2)c2ccc3ccccc3c2)C1=NS. The minimum atomic E-state index is 0.307. The molecule has 9 aromatic carbocycles. The highest BCUT2D eigenvalue weighted by Gasteiger charge is 2.29. The molecule has 0 fully saturated rings. The van der Waals surface area contributed by atoms with E-state index < -0.39 is 0 Å². The highest BCUT2D eigenvalue weighted by atomic mass is 32.1. The molecule has 11 rings (SSSR count). The van der Waals surface area contributed by atoms with Crippen molar-refractivity contribution in [3.63, 3.8) is 0 Å². The van der Waals surface area contributed by atoms with E-state index in [2.05, 4.69) is 215 Å². The molecule has 1 heterocycles. The fraction of sp³-hybridized carbons (Fsp3) is 0. The quantitative estimate of drug-likeness (QED) is 0.0987. The maximum atomic E-state index is 9.84. The molecule has 0 saturated carbocycles. The summed E-state index contributed by atoms with van der Waals surface area (Å²) >= 11 is 4.54. The van der Waals surface area contributed by atoms with Gasteiger partial charge in [0.05, 0.1) is 22.4 Å². The molecule has 0 amide bonds. The summed E-state index contributed by atoms with van der Waals surface area (Å²) in [7, 11) is 0. The summed E-state index contributed by atoms with van der Waals surface area (Å²) in [6.07, 6.45) is 4.16. The molecule has 0 atom stereocenters. The first-order valence-electron chi connectivity index (χ1n) is 19.8. The zero-order valence-corrected chi connectivity index (χ0v) is 32.8. The topological polar surface area (TPSA) is 44.4 Å². The molecule has 0 aliphatic heterocycles. The van der Waals surface area contributed by atoms with Gasteiger partial charge >= 0.3 is 0 Å². The molecule has 59 heavy (non-hydrogen) atoms. The predicted octanol–water partition coefficient (Wildman–Crippen LogP) is 14.3. The molecule has 1 aliphatic rings. The van der Waals surface area contributed by atoms with Crippen molar-refractivity contribution in [1.29, 1.82) is 5.41 Å². The fourth-order valence-electron chi connectivity index (χ4n) is 9.01. The van der Waals surface area contributed by atoms with Gasteiger partial charge in [0.1, 0.15) is 5.71 Å². The van der Waals surface area contributed by atoms with Gasteiger partial charge in [-0.1, -0.05) is 146 Å². The number of benzene rings is 9. The number of fused-ring (bicyclic) bond motifs is 6. The van der Waals surface area contributed by atoms with Crippen LogP contribution in [0.5, 0.6) is 0 Å². The first kappa shape index (κ1) is 34.8. The Hall–Kier alpha value is -7.47. The monoisotopic (exact) mass is 772 g/mol. The largest absolute Gasteiger partial charge is 0.309 e. The number of hydrogen-bond donors (Lipinski definition) is 2. The molecule has 0 spiro atoms. The smallest absolute Gasteiger partial charge is 0.121 e. The van der Waals surface area contributed by atoms with Crippen LogP contribution in [-0.4, -0.2) is 16.0 Å². The molecular weight excluding hydrogens is 737 g/mol. The molecular formula is C54H36N4S. The molecule has 1 aromatic heterocycles. The summed E-state index contributed by atoms with van der Waals surface area (Å²) < 4.78 is 6.88. The van der Waals surface area contributed by atoms with Crippen molar-refractivity contribution in [1.82, 2.24) is 4.57 Å². The number of nitrogens with one attached hydrogen (secondary N) is 1. The lowest BCUT2D eigenvalue weighted by Crippen LogP contribution is -2.30. The van der Waals surface area contributed by atoms with Gasteiger partial charge in [-0.05, 0) is 117 Å². The molecule has 0 unspecified atom stereocenters. The predicted molar refractivity (Wildman–Crippen MR) is 254 cm³/mol. The van der Waals surface area contributed by atoms with Crippen LogP contribution in [0.15, 0.2) is 216 Å². The molecule has 0 radical (unpaired) electrons. The first-order chi connectivity index (χ1) is 29.2. The summed E-state index contributed by atoms with van der Waals surface area (Å²) in [5.74, 6) is 0. The van der Waals surface area contributed by atoms with E-state index in [-0.39, 0.29) is 0 Å². The number of rotatable bonds is 6. The van der Waals surface area contributed by atoms with Crippen LogP contribution in [-0.2, 0) is 0 Å². The number of allylic oxidation sites excluding steroid dienone is 4. The first-order valence-corrected chi connectivity index (χ1v) is 20.2. The summed E-state index contributed by atoms with van der Waals surface area (Å²) in [6, 6.07) is 68.6. The van der Waals surface area contributed by atoms with Gasteiger partial charge in [-0.15, -0.1) is 0 Å². The van der Waals surface area contributed by atoms with Crippen LogP contribution in [0.1, 0.15) is 5.56 Å². The third kappa shape index (κ3) is 5.70. The number of thiol groups is 1. The van der Waals surface area contributed by atoms with E-state index in [0.717, 1.165) is 61.1 Å². The van der Waals surface area contributed by atoms with Crippen molar-refractivity contribution in [2.45, 2.75) is 0 Å². The van der Waals surface area contributed by atoms with Crippen molar-refractivity contribution in [3.8, 4) is 16.8 Å². The Labute approximate surface area is 347 Å². The van der Waals surface area contributed by atoms with Gasteiger partial charge < -0.3 is 9.47 Å². The zero-order valence-electron chi connectivity index (χ0n) is 31.9. The number of nitrogens with zero attached hydrogens (tertiary/aromatic N) is 3. The average molecular weight is 773 g/mol. The maximum Gasteiger partial charge on any atom is 0.121 e. The van der Waals surface area contributed by atoms with E-state index in [9.17, 15) is 5.41 Å². The van der Waals surface area contributed by atoms with Crippen LogP contribution in [0.4, 0.5) is 11.4 Å². The molecule has 278 valence electrons. The Morgan fingerprint density at radius 1 is 0.492 bits per heavy atom. The van der Waals surface area contributed by atoms with Crippen molar-refractivity contribution in [3.05, 3.63) is 218 Å². The standard InChI is InChI=1S/C54H36N4S/c55-52-46(31-32-50(53(52)56-59)57(40-17-2-1-3-18-40)42-30-25-35-13-4-5-14-37(35)34-42)48-23-12-22-47-45-21-10-11-24-49(45)58(54(47)48)41-28-26-36(27-29-41)51-43-19-8-6-15-38(43)33-39-16-7-9-20-44(39)51/h1-34,55,59H. The minimum Gasteiger partial charge on any atom is -0.309 e. The maximum absolute atomic E-state index is 9.84. The number of aromatic nitrogens is 1. The Morgan fingerprint density at radius 3 is 1.85 bits per heavy atom. The minimum absolute atomic E-state index is 0.307. The second-order valence-corrected chi connectivity index (χ2v) is 15.2. The van der Waals surface area contributed by atoms with Crippen LogP contribution < -0.4 is 4.90 Å². The molecule has 4 nitrogen and oxygen atoms in total. The van der Waals surface area contributed by atoms with Crippen LogP contribution >= 0.6 is 12.8 Å². The van der Waals surface area contributed by atoms with Gasteiger partial charge in [0.25, 0.3) is 0 Å². The van der Waals surface area contributed by atoms with Gasteiger partial charge in [-0.3, -0.25) is 5.41 Å². The van der Waals surface area contributed by atoms with Crippen molar-refractivity contribution in [2.24, 2.45) is 4.40 Å². The third-order valence-electron chi connectivity index (χ3n) is 11.7. The molecule has 1 N–H and O–H groups in total. The van der Waals surface area contributed by atoms with E-state index in [1.165, 1.54) is 38.1 Å². The number of hydrogen-bond acceptors (Lipinski definition) is 4. The fourth-order valence-corrected chi connectivity index (χ4v) is 9.21. The molecule has 10 aromatic rings. The van der Waals surface area contributed by atoms with Crippen molar-refractivity contribution < 1.29 is 0 Å². The van der Waals surface area contributed by atoms with E-state index in [0.29, 0.717) is 11.4 Å². The van der Waals surface area contributed by atoms with E-state index in [1.54, 1.807) is 0 Å². The summed E-state index contributed by atoms with van der Waals surface area (Å²) in [5, 5.41) is 19.3. The second kappa shape index (κ2) is 14.2. The van der Waals surface area contributed by atoms with Crippen molar-refractivity contribution in [2.75, 3.05) is 4.90 Å². The van der Waals surface area contributed by atoms with Gasteiger partial charge in [0.15, 0.2) is 0 Å². The Bertz CT molecular complexity index is 3360. The normalized spacial score (nSPS) is 13.8. The van der Waals surface area contributed by atoms with E-state index in [1.807, 2.05) is 18.2 Å². The van der Waals surface area contributed by atoms with E-state index >= 15 is 0 Å². The average Bonchev–Trinajstić information content (AvgIpc) is 3.64. The number of anilines is 2. The van der Waals surface area contributed by atoms with Gasteiger partial charge in [-0.2, -0.15) is 0 Å². The lowest BCUT2D eigenvalue weighted by molar-refractivity contribution is 1.18. The van der Waals surface area contributed by atoms with Gasteiger partial charge in [0, 0.05) is 39.0 Å². The molecule has 1 aliphatic carbocycles. The van der Waals surface area contributed by atoms with Gasteiger partial charge in [0.2, 0.25) is 0 Å². The zero-order chi connectivity index (χ0) is 39.5. The number of para-hydroxylation sites is 3. The Balaban J connectivity index is 1.09. The van der Waals surface area contributed by atoms with Crippen LogP contribution in [0.2, 0.25) is 0 Å². The summed E-state index contributed by atoms with van der Waals surface area (Å²) in [6.45, 7) is 0. The third-order valence-corrected chi connectivity index (χ3v) is 11.9. The highest BCUT2D eigenvalue weighted by molar-refractivity contribution is 7.79. The van der Waals surface area contributed by atoms with Crippen LogP contribution in [0.3, 0.4) is 0 Å². The summed E-state index contributed by atoms with van der Waals surface area (Å²) in [5.41, 5.74) is 10.9. The second-order valence-electron chi connectivity index (χ2n) is 15.0. The molecule has 5 heteroatoms. The van der Waals surface area contributed by atoms with Crippen LogP contribution in [0.25, 0.3) is 76.5 Å². The Morgan fingerprint density at radius 2 is 1.12 bits per heavy atom.